The van der Waals surface area contributed by atoms with Crippen LogP contribution in [0, 0.1) is 5.92 Å². The third kappa shape index (κ3) is 3.43. The zero-order valence-electron chi connectivity index (χ0n) is 9.43. The molecule has 1 aromatic heterocycles. The van der Waals surface area contributed by atoms with Crippen LogP contribution in [0.15, 0.2) is 5.16 Å². The van der Waals surface area contributed by atoms with Gasteiger partial charge < -0.3 is 10.1 Å². The van der Waals surface area contributed by atoms with Crippen molar-refractivity contribution in [3.05, 3.63) is 0 Å². The number of tetrazole rings is 1. The molecular weight excluding hydrogens is 226 g/mol. The molecule has 0 aliphatic carbocycles. The normalized spacial score (nSPS) is 20.4. The summed E-state index contributed by atoms with van der Waals surface area (Å²) in [4.78, 5) is 0. The lowest BCUT2D eigenvalue weighted by atomic mass is 10.1. The number of aromatic nitrogens is 4. The molecule has 90 valence electrons. The molecular formula is C9H17N5OS. The summed E-state index contributed by atoms with van der Waals surface area (Å²) in [7, 11) is 1.85. The Kier molecular flexibility index (Phi) is 4.55. The third-order valence-electron chi connectivity index (χ3n) is 2.55. The van der Waals surface area contributed by atoms with Crippen molar-refractivity contribution in [1.29, 1.82) is 0 Å². The molecule has 0 saturated carbocycles. The second kappa shape index (κ2) is 6.17. The maximum atomic E-state index is 5.31. The van der Waals surface area contributed by atoms with Crippen molar-refractivity contribution in [1.82, 2.24) is 25.5 Å². The van der Waals surface area contributed by atoms with Crippen molar-refractivity contribution in [2.45, 2.75) is 11.6 Å². The Morgan fingerprint density at radius 3 is 3.25 bits per heavy atom. The summed E-state index contributed by atoms with van der Waals surface area (Å²) in [6.07, 6.45) is 1.19. The number of rotatable bonds is 6. The molecule has 1 saturated heterocycles. The molecule has 6 nitrogen and oxygen atoms in total. The minimum atomic E-state index is 0.696. The van der Waals surface area contributed by atoms with Crippen molar-refractivity contribution in [2.24, 2.45) is 13.0 Å². The van der Waals surface area contributed by atoms with Crippen LogP contribution in [0.2, 0.25) is 0 Å². The predicted molar refractivity (Wildman–Crippen MR) is 61.3 cm³/mol. The van der Waals surface area contributed by atoms with Crippen molar-refractivity contribution in [3.8, 4) is 0 Å². The molecule has 1 fully saturated rings. The van der Waals surface area contributed by atoms with Crippen LogP contribution in [0.3, 0.4) is 0 Å². The molecule has 0 amide bonds. The summed E-state index contributed by atoms with van der Waals surface area (Å²) < 4.78 is 7.00. The first-order chi connectivity index (χ1) is 7.86. The Bertz CT molecular complexity index is 313. The standard InChI is InChI=1S/C9H17N5OS/c1-14-9(11-12-13-14)16-5-3-10-6-8-2-4-15-7-8/h8,10H,2-7H2,1H3. The predicted octanol–water partition coefficient (Wildman–Crippen LogP) is -0.0717. The minimum absolute atomic E-state index is 0.696. The van der Waals surface area contributed by atoms with Crippen LogP contribution < -0.4 is 5.32 Å². The Labute approximate surface area is 99.1 Å². The van der Waals surface area contributed by atoms with Crippen LogP contribution >= 0.6 is 11.8 Å². The largest absolute Gasteiger partial charge is 0.381 e. The molecule has 2 heterocycles. The lowest BCUT2D eigenvalue weighted by molar-refractivity contribution is 0.185. The van der Waals surface area contributed by atoms with E-state index in [9.17, 15) is 0 Å². The number of ether oxygens (including phenoxy) is 1. The summed E-state index contributed by atoms with van der Waals surface area (Å²) in [5.74, 6) is 1.68. The first-order valence-corrected chi connectivity index (χ1v) is 6.48. The third-order valence-corrected chi connectivity index (χ3v) is 3.56. The van der Waals surface area contributed by atoms with Crippen molar-refractivity contribution in [2.75, 3.05) is 32.1 Å². The fourth-order valence-corrected chi connectivity index (χ4v) is 2.36. The number of hydrogen-bond donors (Lipinski definition) is 1. The fraction of sp³-hybridized carbons (Fsp3) is 0.889. The molecule has 7 heteroatoms. The van der Waals surface area contributed by atoms with Gasteiger partial charge in [-0.1, -0.05) is 11.8 Å². The Hall–Kier alpha value is -0.660. The molecule has 0 bridgehead atoms. The van der Waals surface area contributed by atoms with Crippen LogP contribution in [-0.2, 0) is 11.8 Å². The zero-order chi connectivity index (χ0) is 11.2. The Morgan fingerprint density at radius 2 is 2.56 bits per heavy atom. The Morgan fingerprint density at radius 1 is 1.62 bits per heavy atom. The molecule has 0 spiro atoms. The van der Waals surface area contributed by atoms with Crippen LogP contribution in [0.4, 0.5) is 0 Å². The summed E-state index contributed by atoms with van der Waals surface area (Å²) in [5.41, 5.74) is 0. The van der Waals surface area contributed by atoms with Crippen molar-refractivity contribution in [3.63, 3.8) is 0 Å². The SMILES string of the molecule is Cn1nnnc1SCCNCC1CCOC1. The van der Waals surface area contributed by atoms with E-state index < -0.39 is 0 Å². The van der Waals surface area contributed by atoms with Gasteiger partial charge in [0, 0.05) is 32.5 Å². The van der Waals surface area contributed by atoms with Crippen LogP contribution in [0.25, 0.3) is 0 Å². The van der Waals surface area contributed by atoms with Crippen LogP contribution in [-0.4, -0.2) is 52.3 Å². The van der Waals surface area contributed by atoms with E-state index in [1.54, 1.807) is 16.4 Å². The van der Waals surface area contributed by atoms with E-state index in [2.05, 4.69) is 20.8 Å². The van der Waals surface area contributed by atoms with Gasteiger partial charge in [-0.15, -0.1) is 5.10 Å². The molecule has 2 rings (SSSR count). The van der Waals surface area contributed by atoms with Crippen LogP contribution in [0.5, 0.6) is 0 Å². The molecule has 0 aromatic carbocycles. The first kappa shape index (κ1) is 11.8. The zero-order valence-corrected chi connectivity index (χ0v) is 10.2. The number of hydrogen-bond acceptors (Lipinski definition) is 6. The van der Waals surface area contributed by atoms with E-state index >= 15 is 0 Å². The lowest BCUT2D eigenvalue weighted by Crippen LogP contribution is -2.25. The highest BCUT2D eigenvalue weighted by Gasteiger charge is 2.14. The maximum absolute atomic E-state index is 5.31. The van der Waals surface area contributed by atoms with Gasteiger partial charge in [0.25, 0.3) is 0 Å². The highest BCUT2D eigenvalue weighted by Crippen LogP contribution is 2.12. The van der Waals surface area contributed by atoms with E-state index in [4.69, 9.17) is 4.74 Å². The molecule has 1 aromatic rings. The molecule has 16 heavy (non-hydrogen) atoms. The number of thioether (sulfide) groups is 1. The van der Waals surface area contributed by atoms with E-state index in [1.165, 1.54) is 6.42 Å². The highest BCUT2D eigenvalue weighted by atomic mass is 32.2. The number of aryl methyl sites for hydroxylation is 1. The summed E-state index contributed by atoms with van der Waals surface area (Å²) in [6.45, 7) is 3.87. The molecule has 1 unspecified atom stereocenters. The van der Waals surface area contributed by atoms with E-state index in [0.717, 1.165) is 37.2 Å². The Balaban J connectivity index is 1.53. The minimum Gasteiger partial charge on any atom is -0.381 e. The van der Waals surface area contributed by atoms with Gasteiger partial charge in [-0.05, 0) is 22.8 Å². The van der Waals surface area contributed by atoms with Crippen LogP contribution in [0.1, 0.15) is 6.42 Å². The molecule has 1 atom stereocenters. The van der Waals surface area contributed by atoms with Gasteiger partial charge in [-0.25, -0.2) is 4.68 Å². The summed E-state index contributed by atoms with van der Waals surface area (Å²) in [5, 5.41) is 15.6. The van der Waals surface area contributed by atoms with Gasteiger partial charge >= 0.3 is 0 Å². The number of nitrogens with one attached hydrogen (secondary N) is 1. The van der Waals surface area contributed by atoms with E-state index in [0.29, 0.717) is 5.92 Å². The summed E-state index contributed by atoms with van der Waals surface area (Å²) >= 11 is 1.67. The van der Waals surface area contributed by atoms with Crippen molar-refractivity contribution >= 4 is 11.8 Å². The van der Waals surface area contributed by atoms with Gasteiger partial charge in [0.1, 0.15) is 0 Å². The second-order valence-electron chi connectivity index (χ2n) is 3.87. The fourth-order valence-electron chi connectivity index (χ4n) is 1.61. The quantitative estimate of drug-likeness (QED) is 0.557. The maximum Gasteiger partial charge on any atom is 0.209 e. The topological polar surface area (TPSA) is 64.9 Å². The molecule has 1 aliphatic rings. The van der Waals surface area contributed by atoms with Gasteiger partial charge in [0.15, 0.2) is 0 Å². The number of nitrogens with zero attached hydrogens (tertiary/aromatic N) is 4. The van der Waals surface area contributed by atoms with Gasteiger partial charge in [0.2, 0.25) is 5.16 Å². The van der Waals surface area contributed by atoms with Gasteiger partial charge in [-0.3, -0.25) is 0 Å². The van der Waals surface area contributed by atoms with E-state index in [-0.39, 0.29) is 0 Å². The summed E-state index contributed by atoms with van der Waals surface area (Å²) in [6, 6.07) is 0. The average Bonchev–Trinajstić information content (AvgIpc) is 2.90. The van der Waals surface area contributed by atoms with Gasteiger partial charge in [-0.2, -0.15) is 0 Å². The second-order valence-corrected chi connectivity index (χ2v) is 4.93. The van der Waals surface area contributed by atoms with Gasteiger partial charge in [0.05, 0.1) is 6.61 Å². The average molecular weight is 243 g/mol. The lowest BCUT2D eigenvalue weighted by Gasteiger charge is -2.08. The smallest absolute Gasteiger partial charge is 0.209 e. The van der Waals surface area contributed by atoms with Crippen molar-refractivity contribution < 1.29 is 4.74 Å². The molecule has 1 N–H and O–H groups in total. The molecule has 0 radical (unpaired) electrons. The highest BCUT2D eigenvalue weighted by molar-refractivity contribution is 7.99. The monoisotopic (exact) mass is 243 g/mol. The molecule has 1 aliphatic heterocycles. The van der Waals surface area contributed by atoms with E-state index in [1.807, 2.05) is 7.05 Å². The first-order valence-electron chi connectivity index (χ1n) is 5.50.